The largest absolute Gasteiger partial charge is 0.338 e. The first-order chi connectivity index (χ1) is 7.37. The third-order valence-corrected chi connectivity index (χ3v) is 3.07. The average molecular weight is 261 g/mol. The van der Waals surface area contributed by atoms with Gasteiger partial charge in [-0.1, -0.05) is 11.6 Å². The van der Waals surface area contributed by atoms with Crippen LogP contribution in [-0.4, -0.2) is 18.1 Å². The van der Waals surface area contributed by atoms with E-state index in [2.05, 4.69) is 10.6 Å². The molecule has 0 aliphatic carbocycles. The van der Waals surface area contributed by atoms with E-state index in [9.17, 15) is 4.79 Å². The van der Waals surface area contributed by atoms with Crippen LogP contribution in [0, 0.1) is 0 Å². The van der Waals surface area contributed by atoms with Crippen molar-refractivity contribution < 1.29 is 4.79 Å². The van der Waals surface area contributed by atoms with Gasteiger partial charge in [-0.25, -0.2) is 4.79 Å². The lowest BCUT2D eigenvalue weighted by Crippen LogP contribution is -2.46. The third kappa shape index (κ3) is 5.37. The van der Waals surface area contributed by atoms with Crippen LogP contribution in [0.5, 0.6) is 0 Å². The predicted octanol–water partition coefficient (Wildman–Crippen LogP) is 3.04. The van der Waals surface area contributed by atoms with Crippen LogP contribution < -0.4 is 10.6 Å². The zero-order chi connectivity index (χ0) is 12.2. The van der Waals surface area contributed by atoms with E-state index in [0.717, 1.165) is 10.8 Å². The van der Waals surface area contributed by atoms with E-state index < -0.39 is 0 Å². The minimum Gasteiger partial charge on any atom is -0.338 e. The van der Waals surface area contributed by atoms with E-state index in [1.54, 1.807) is 11.3 Å². The molecular formula is C11H17ClN2OS. The lowest BCUT2D eigenvalue weighted by molar-refractivity contribution is 0.232. The van der Waals surface area contributed by atoms with Crippen LogP contribution >= 0.6 is 22.9 Å². The summed E-state index contributed by atoms with van der Waals surface area (Å²) in [6.07, 6.45) is 0.814. The molecule has 0 saturated heterocycles. The Balaban J connectivity index is 2.23. The lowest BCUT2D eigenvalue weighted by Gasteiger charge is -2.20. The van der Waals surface area contributed by atoms with Crippen molar-refractivity contribution in [2.24, 2.45) is 0 Å². The highest BCUT2D eigenvalue weighted by Gasteiger charge is 2.12. The van der Waals surface area contributed by atoms with Gasteiger partial charge in [-0.05, 0) is 39.3 Å². The number of hydrogen-bond acceptors (Lipinski definition) is 2. The van der Waals surface area contributed by atoms with Gasteiger partial charge >= 0.3 is 6.03 Å². The summed E-state index contributed by atoms with van der Waals surface area (Å²) in [5.41, 5.74) is -0.198. The molecule has 0 unspecified atom stereocenters. The Morgan fingerprint density at radius 3 is 2.62 bits per heavy atom. The highest BCUT2D eigenvalue weighted by Crippen LogP contribution is 2.21. The molecule has 0 aliphatic rings. The molecule has 0 aliphatic heterocycles. The van der Waals surface area contributed by atoms with Crippen molar-refractivity contribution in [1.82, 2.24) is 10.6 Å². The highest BCUT2D eigenvalue weighted by atomic mass is 35.5. The van der Waals surface area contributed by atoms with Gasteiger partial charge in [0.25, 0.3) is 0 Å². The summed E-state index contributed by atoms with van der Waals surface area (Å²) >= 11 is 7.35. The second-order valence-corrected chi connectivity index (χ2v) is 6.39. The fraction of sp³-hybridized carbons (Fsp3) is 0.545. The Labute approximate surface area is 105 Å². The number of nitrogens with one attached hydrogen (secondary N) is 2. The molecule has 1 aromatic rings. The fourth-order valence-electron chi connectivity index (χ4n) is 1.17. The van der Waals surface area contributed by atoms with E-state index in [1.165, 1.54) is 4.88 Å². The first-order valence-corrected chi connectivity index (χ1v) is 6.36. The zero-order valence-electron chi connectivity index (χ0n) is 9.76. The molecule has 16 heavy (non-hydrogen) atoms. The van der Waals surface area contributed by atoms with Gasteiger partial charge in [0.15, 0.2) is 0 Å². The van der Waals surface area contributed by atoms with Crippen LogP contribution in [0.1, 0.15) is 25.6 Å². The predicted molar refractivity (Wildman–Crippen MR) is 69.3 cm³/mol. The molecule has 1 aromatic heterocycles. The quantitative estimate of drug-likeness (QED) is 0.862. The summed E-state index contributed by atoms with van der Waals surface area (Å²) in [4.78, 5) is 12.6. The van der Waals surface area contributed by atoms with Gasteiger partial charge in [0.05, 0.1) is 4.34 Å². The van der Waals surface area contributed by atoms with Gasteiger partial charge in [-0.2, -0.15) is 0 Å². The first kappa shape index (κ1) is 13.3. The van der Waals surface area contributed by atoms with Crippen LogP contribution in [-0.2, 0) is 6.42 Å². The maximum atomic E-state index is 11.4. The van der Waals surface area contributed by atoms with Crippen LogP contribution in [0.4, 0.5) is 4.79 Å². The van der Waals surface area contributed by atoms with E-state index in [-0.39, 0.29) is 11.6 Å². The van der Waals surface area contributed by atoms with Crippen LogP contribution in [0.15, 0.2) is 12.1 Å². The van der Waals surface area contributed by atoms with Gasteiger partial charge in [0, 0.05) is 17.0 Å². The standard InChI is InChI=1S/C11H17ClN2OS/c1-11(2,3)14-10(15)13-7-6-8-4-5-9(12)16-8/h4-5H,6-7H2,1-3H3,(H2,13,14,15). The van der Waals surface area contributed by atoms with Gasteiger partial charge in [0.1, 0.15) is 0 Å². The molecule has 0 bridgehead atoms. The van der Waals surface area contributed by atoms with E-state index in [1.807, 2.05) is 32.9 Å². The SMILES string of the molecule is CC(C)(C)NC(=O)NCCc1ccc(Cl)s1. The summed E-state index contributed by atoms with van der Waals surface area (Å²) < 4.78 is 0.786. The maximum absolute atomic E-state index is 11.4. The molecule has 0 aromatic carbocycles. The summed E-state index contributed by atoms with van der Waals surface area (Å²) in [6, 6.07) is 3.72. The number of thiophene rings is 1. The van der Waals surface area contributed by atoms with Crippen molar-refractivity contribution in [3.8, 4) is 0 Å². The van der Waals surface area contributed by atoms with Crippen molar-refractivity contribution in [1.29, 1.82) is 0 Å². The minimum absolute atomic E-state index is 0.129. The van der Waals surface area contributed by atoms with Crippen molar-refractivity contribution in [3.63, 3.8) is 0 Å². The lowest BCUT2D eigenvalue weighted by atomic mass is 10.1. The molecule has 0 fully saturated rings. The fourth-order valence-corrected chi connectivity index (χ4v) is 2.26. The molecule has 1 heterocycles. The highest BCUT2D eigenvalue weighted by molar-refractivity contribution is 7.16. The van der Waals surface area contributed by atoms with Crippen LogP contribution in [0.3, 0.4) is 0 Å². The second-order valence-electron chi connectivity index (χ2n) is 4.59. The Kier molecular flexibility index (Phi) is 4.62. The second kappa shape index (κ2) is 5.55. The molecule has 0 radical (unpaired) electrons. The summed E-state index contributed by atoms with van der Waals surface area (Å²) in [6.45, 7) is 6.47. The third-order valence-electron chi connectivity index (χ3n) is 1.77. The zero-order valence-corrected chi connectivity index (χ0v) is 11.3. The van der Waals surface area contributed by atoms with Crippen molar-refractivity contribution in [2.45, 2.75) is 32.7 Å². The van der Waals surface area contributed by atoms with E-state index >= 15 is 0 Å². The number of hydrogen-bond donors (Lipinski definition) is 2. The number of carbonyl (C=O) groups is 1. The van der Waals surface area contributed by atoms with Gasteiger partial charge in [-0.15, -0.1) is 11.3 Å². The Morgan fingerprint density at radius 2 is 2.12 bits per heavy atom. The van der Waals surface area contributed by atoms with E-state index in [4.69, 9.17) is 11.6 Å². The van der Waals surface area contributed by atoms with Crippen LogP contribution in [0.25, 0.3) is 0 Å². The van der Waals surface area contributed by atoms with E-state index in [0.29, 0.717) is 6.54 Å². The first-order valence-electron chi connectivity index (χ1n) is 5.17. The summed E-state index contributed by atoms with van der Waals surface area (Å²) in [7, 11) is 0. The number of amides is 2. The Morgan fingerprint density at radius 1 is 1.44 bits per heavy atom. The smallest absolute Gasteiger partial charge is 0.315 e. The molecule has 0 spiro atoms. The molecular weight excluding hydrogens is 244 g/mol. The molecule has 0 saturated carbocycles. The normalized spacial score (nSPS) is 11.2. The summed E-state index contributed by atoms with van der Waals surface area (Å²) in [5, 5.41) is 5.65. The number of halogens is 1. The molecule has 1 rings (SSSR count). The van der Waals surface area contributed by atoms with Crippen LogP contribution in [0.2, 0.25) is 4.34 Å². The number of urea groups is 1. The average Bonchev–Trinajstić information content (AvgIpc) is 2.48. The molecule has 5 heteroatoms. The summed E-state index contributed by atoms with van der Waals surface area (Å²) in [5.74, 6) is 0. The minimum atomic E-state index is -0.198. The number of rotatable bonds is 3. The van der Waals surface area contributed by atoms with Crippen molar-refractivity contribution in [3.05, 3.63) is 21.3 Å². The van der Waals surface area contributed by atoms with Crippen molar-refractivity contribution >= 4 is 29.0 Å². The van der Waals surface area contributed by atoms with Gasteiger partial charge in [0.2, 0.25) is 0 Å². The number of carbonyl (C=O) groups excluding carboxylic acids is 1. The molecule has 90 valence electrons. The molecule has 2 N–H and O–H groups in total. The molecule has 2 amide bonds. The van der Waals surface area contributed by atoms with Crippen molar-refractivity contribution in [2.75, 3.05) is 6.54 Å². The topological polar surface area (TPSA) is 41.1 Å². The molecule has 0 atom stereocenters. The molecule has 3 nitrogen and oxygen atoms in total. The maximum Gasteiger partial charge on any atom is 0.315 e. The monoisotopic (exact) mass is 260 g/mol. The van der Waals surface area contributed by atoms with Gasteiger partial charge < -0.3 is 10.6 Å². The Hall–Kier alpha value is -0.740. The van der Waals surface area contributed by atoms with Gasteiger partial charge in [-0.3, -0.25) is 0 Å². The Bertz CT molecular complexity index is 357.